The molecule has 22 heteroatoms. The number of alkyl halides is 6. The van der Waals surface area contributed by atoms with Gasteiger partial charge in [-0.05, 0) is 142 Å². The first-order chi connectivity index (χ1) is 32.8. The van der Waals surface area contributed by atoms with Crippen LogP contribution in [-0.4, -0.2) is 60.4 Å². The van der Waals surface area contributed by atoms with Gasteiger partial charge in [0.2, 0.25) is 5.28 Å². The number of carboxylic acids is 2. The summed E-state index contributed by atoms with van der Waals surface area (Å²) in [5.41, 5.74) is -2.36. The number of rotatable bonds is 10. The maximum absolute atomic E-state index is 13.1. The first-order valence-electron chi connectivity index (χ1n) is 20.1. The molecular formula is C48H36BClF6N6O8. The number of aromatic nitrogens is 4. The summed E-state index contributed by atoms with van der Waals surface area (Å²) in [5.74, 6) is -1.71. The SMILES string of the molecule is C=Cc1cc(C(=O)O)nc(-c2ccc(Oc3ccc(C#N)c(C(F)(F)F)c3)cc2)n1.C=Cc1cc(C(=O)O)nc(Cl)n1.CC1(C)OB(c2ccc(Oc3ccc(C#N)c(C(F)(F)F)c3)cc2)OC1(C)C. The molecule has 1 fully saturated rings. The molecular weight excluding hydrogens is 949 g/mol. The van der Waals surface area contributed by atoms with Crippen molar-refractivity contribution < 1.29 is 64.9 Å². The highest BCUT2D eigenvalue weighted by Gasteiger charge is 2.51. The van der Waals surface area contributed by atoms with Crippen molar-refractivity contribution in [3.8, 4) is 46.5 Å². The topological polar surface area (TPSA) is 211 Å². The Morgan fingerprint density at radius 3 is 1.44 bits per heavy atom. The highest BCUT2D eigenvalue weighted by atomic mass is 35.5. The van der Waals surface area contributed by atoms with E-state index in [1.807, 2.05) is 27.7 Å². The molecule has 0 unspecified atom stereocenters. The highest BCUT2D eigenvalue weighted by molar-refractivity contribution is 6.62. The van der Waals surface area contributed by atoms with Crippen molar-refractivity contribution in [3.63, 3.8) is 0 Å². The van der Waals surface area contributed by atoms with Gasteiger partial charge in [-0.25, -0.2) is 29.5 Å². The fraction of sp³-hybridized carbons (Fsp3) is 0.167. The quantitative estimate of drug-likeness (QED) is 0.0743. The molecule has 0 spiro atoms. The molecule has 7 rings (SSSR count). The summed E-state index contributed by atoms with van der Waals surface area (Å²) in [6.07, 6.45) is -6.53. The largest absolute Gasteiger partial charge is 0.494 e. The Bertz CT molecular complexity index is 3010. The van der Waals surface area contributed by atoms with Crippen molar-refractivity contribution in [1.82, 2.24) is 19.9 Å². The van der Waals surface area contributed by atoms with Gasteiger partial charge in [0.05, 0.1) is 57.0 Å². The van der Waals surface area contributed by atoms with E-state index >= 15 is 0 Å². The van der Waals surface area contributed by atoms with Crippen molar-refractivity contribution in [2.75, 3.05) is 0 Å². The maximum atomic E-state index is 13.1. The van der Waals surface area contributed by atoms with E-state index < -0.39 is 64.9 Å². The maximum Gasteiger partial charge on any atom is 0.494 e. The van der Waals surface area contributed by atoms with E-state index in [9.17, 15) is 35.9 Å². The van der Waals surface area contributed by atoms with Gasteiger partial charge in [-0.3, -0.25) is 0 Å². The van der Waals surface area contributed by atoms with E-state index in [1.165, 1.54) is 66.8 Å². The number of nitriles is 2. The number of benzene rings is 4. The molecule has 2 N–H and O–H groups in total. The molecule has 1 aliphatic rings. The van der Waals surface area contributed by atoms with Crippen molar-refractivity contribution in [2.45, 2.75) is 51.2 Å². The van der Waals surface area contributed by atoms with E-state index in [0.29, 0.717) is 22.7 Å². The van der Waals surface area contributed by atoms with Gasteiger partial charge >= 0.3 is 31.4 Å². The fourth-order valence-electron chi connectivity index (χ4n) is 5.91. The zero-order valence-corrected chi connectivity index (χ0v) is 37.8. The number of hydrogen-bond acceptors (Lipinski definition) is 12. The van der Waals surface area contributed by atoms with E-state index in [2.05, 4.69) is 33.1 Å². The van der Waals surface area contributed by atoms with Crippen LogP contribution in [0, 0.1) is 22.7 Å². The van der Waals surface area contributed by atoms with Crippen LogP contribution in [0.2, 0.25) is 5.28 Å². The summed E-state index contributed by atoms with van der Waals surface area (Å²) in [4.78, 5) is 37.0. The molecule has 358 valence electrons. The number of nitrogens with zero attached hydrogens (tertiary/aromatic N) is 6. The molecule has 0 atom stereocenters. The molecule has 70 heavy (non-hydrogen) atoms. The lowest BCUT2D eigenvalue weighted by Crippen LogP contribution is -2.41. The number of carbonyl (C=O) groups is 2. The van der Waals surface area contributed by atoms with Crippen molar-refractivity contribution >= 4 is 48.3 Å². The van der Waals surface area contributed by atoms with Crippen LogP contribution in [-0.2, 0) is 21.7 Å². The summed E-state index contributed by atoms with van der Waals surface area (Å²) in [5, 5.41) is 35.3. The van der Waals surface area contributed by atoms with Gasteiger partial charge in [-0.1, -0.05) is 25.3 Å². The first kappa shape index (κ1) is 52.9. The molecule has 2 aromatic heterocycles. The minimum absolute atomic E-state index is 0.00490. The molecule has 0 amide bonds. The van der Waals surface area contributed by atoms with Crippen LogP contribution in [0.3, 0.4) is 0 Å². The molecule has 6 aromatic rings. The van der Waals surface area contributed by atoms with E-state index in [0.717, 1.165) is 29.7 Å². The Labute approximate surface area is 400 Å². The zero-order chi connectivity index (χ0) is 51.8. The molecule has 0 saturated carbocycles. The third-order valence-electron chi connectivity index (χ3n) is 10.1. The number of ether oxygens (including phenoxy) is 2. The second-order valence-electron chi connectivity index (χ2n) is 15.5. The average Bonchev–Trinajstić information content (AvgIpc) is 3.54. The summed E-state index contributed by atoms with van der Waals surface area (Å²) < 4.78 is 101. The number of carboxylic acid groups (broad SMARTS) is 2. The van der Waals surface area contributed by atoms with Gasteiger partial charge in [-0.2, -0.15) is 36.9 Å². The Hall–Kier alpha value is -8.11. The van der Waals surface area contributed by atoms with Gasteiger partial charge in [0, 0.05) is 5.56 Å². The van der Waals surface area contributed by atoms with Crippen molar-refractivity contribution in [2.24, 2.45) is 0 Å². The van der Waals surface area contributed by atoms with Crippen LogP contribution in [0.1, 0.15) is 82.3 Å². The standard InChI is InChI=1S/C21H12F3N3O3.C20H19BF3NO3.C7H5ClN2O2/c1-2-14-9-18(20(28)29)27-19(26-14)12-3-6-15(7-4-12)30-16-8-5-13(11-25)17(10-16)21(22,23)24;1-18(2)19(3,4)28-21(27-18)14-6-9-15(10-7-14)26-16-8-5-13(12-25)17(11-16)20(22,23)24;1-2-4-3-5(6(11)12)10-7(8)9-4/h2-10H,1H2,(H,28,29);5-11H,1-4H3;2-3H,1H2,(H,11,12). The molecule has 4 aromatic carbocycles. The van der Waals surface area contributed by atoms with Gasteiger partial charge < -0.3 is 29.0 Å². The Morgan fingerprint density at radius 1 is 0.643 bits per heavy atom. The molecule has 1 saturated heterocycles. The smallest absolute Gasteiger partial charge is 0.477 e. The van der Waals surface area contributed by atoms with Crippen molar-refractivity contribution in [1.29, 1.82) is 10.5 Å². The minimum atomic E-state index is -4.69. The number of aromatic carboxylic acids is 2. The van der Waals surface area contributed by atoms with Crippen LogP contribution in [0.5, 0.6) is 23.0 Å². The third-order valence-corrected chi connectivity index (χ3v) is 10.3. The second-order valence-corrected chi connectivity index (χ2v) is 15.8. The van der Waals surface area contributed by atoms with Crippen LogP contribution in [0.25, 0.3) is 23.5 Å². The minimum Gasteiger partial charge on any atom is -0.477 e. The van der Waals surface area contributed by atoms with Crippen LogP contribution < -0.4 is 14.9 Å². The molecule has 3 heterocycles. The normalized spacial score (nSPS) is 13.5. The van der Waals surface area contributed by atoms with Gasteiger partial charge in [-0.15, -0.1) is 0 Å². The first-order valence-corrected chi connectivity index (χ1v) is 20.4. The lowest BCUT2D eigenvalue weighted by Gasteiger charge is -2.32. The zero-order valence-electron chi connectivity index (χ0n) is 37.1. The molecule has 1 aliphatic heterocycles. The predicted octanol–water partition coefficient (Wildman–Crippen LogP) is 11.3. The third kappa shape index (κ3) is 13.3. The Morgan fingerprint density at radius 2 is 1.04 bits per heavy atom. The number of hydrogen-bond donors (Lipinski definition) is 2. The average molecular weight is 985 g/mol. The Balaban J connectivity index is 0.000000212. The lowest BCUT2D eigenvalue weighted by atomic mass is 9.79. The predicted molar refractivity (Wildman–Crippen MR) is 243 cm³/mol. The molecule has 14 nitrogen and oxygen atoms in total. The monoisotopic (exact) mass is 984 g/mol. The molecule has 0 aliphatic carbocycles. The molecule has 0 radical (unpaired) electrons. The lowest BCUT2D eigenvalue weighted by molar-refractivity contribution is -0.138. The second kappa shape index (κ2) is 21.5. The van der Waals surface area contributed by atoms with Gasteiger partial charge in [0.1, 0.15) is 23.0 Å². The summed E-state index contributed by atoms with van der Waals surface area (Å²) in [6, 6.07) is 24.7. The van der Waals surface area contributed by atoms with Crippen LogP contribution in [0.15, 0.2) is 110 Å². The fourth-order valence-corrected chi connectivity index (χ4v) is 6.10. The highest BCUT2D eigenvalue weighted by Crippen LogP contribution is 2.38. The van der Waals surface area contributed by atoms with Gasteiger partial charge in [0.15, 0.2) is 17.2 Å². The van der Waals surface area contributed by atoms with Crippen LogP contribution in [0.4, 0.5) is 26.3 Å². The van der Waals surface area contributed by atoms with E-state index in [4.69, 9.17) is 51.1 Å². The number of halogens is 7. The van der Waals surface area contributed by atoms with E-state index in [-0.39, 0.29) is 39.7 Å². The summed E-state index contributed by atoms with van der Waals surface area (Å²) in [7, 11) is -0.536. The molecule has 0 bridgehead atoms. The summed E-state index contributed by atoms with van der Waals surface area (Å²) in [6.45, 7) is 14.8. The Kier molecular flexibility index (Phi) is 16.2. The van der Waals surface area contributed by atoms with Gasteiger partial charge in [0.25, 0.3) is 0 Å². The van der Waals surface area contributed by atoms with Crippen molar-refractivity contribution in [3.05, 3.63) is 161 Å². The van der Waals surface area contributed by atoms with Crippen LogP contribution >= 0.6 is 11.6 Å². The summed E-state index contributed by atoms with van der Waals surface area (Å²) >= 11 is 5.44. The van der Waals surface area contributed by atoms with E-state index in [1.54, 1.807) is 30.3 Å².